The van der Waals surface area contributed by atoms with Gasteiger partial charge >= 0.3 is 0 Å². The van der Waals surface area contributed by atoms with Gasteiger partial charge in [-0.05, 0) is 24.6 Å². The normalized spacial score (nSPS) is 10.3. The van der Waals surface area contributed by atoms with Crippen LogP contribution in [0.1, 0.15) is 5.56 Å². The first-order valence-corrected chi connectivity index (χ1v) is 5.60. The van der Waals surface area contributed by atoms with Crippen LogP contribution >= 0.6 is 0 Å². The van der Waals surface area contributed by atoms with Crippen LogP contribution in [0.4, 0.5) is 0 Å². The minimum atomic E-state index is -0.0411. The number of rotatable bonds is 4. The molecule has 0 aliphatic heterocycles. The molecule has 94 valence electrons. The van der Waals surface area contributed by atoms with E-state index in [1.165, 1.54) is 12.1 Å². The zero-order valence-electron chi connectivity index (χ0n) is 9.71. The fourth-order valence-electron chi connectivity index (χ4n) is 1.66. The molecule has 0 bridgehead atoms. The van der Waals surface area contributed by atoms with Crippen molar-refractivity contribution in [3.05, 3.63) is 48.0 Å². The molecule has 0 aromatic heterocycles. The third-order valence-electron chi connectivity index (χ3n) is 2.53. The lowest BCUT2D eigenvalue weighted by atomic mass is 10.1. The van der Waals surface area contributed by atoms with E-state index in [0.717, 1.165) is 0 Å². The second-order valence-corrected chi connectivity index (χ2v) is 3.81. The first-order valence-electron chi connectivity index (χ1n) is 5.60. The summed E-state index contributed by atoms with van der Waals surface area (Å²) in [5, 5.41) is 28.4. The summed E-state index contributed by atoms with van der Waals surface area (Å²) in [5.41, 5.74) is 0.681. The van der Waals surface area contributed by atoms with Gasteiger partial charge in [0.15, 0.2) is 23.0 Å². The number of hydrogen-bond donors (Lipinski definition) is 3. The van der Waals surface area contributed by atoms with Crippen LogP contribution in [0.15, 0.2) is 42.5 Å². The summed E-state index contributed by atoms with van der Waals surface area (Å²) in [5.74, 6) is 0.492. The van der Waals surface area contributed by atoms with Gasteiger partial charge in [-0.3, -0.25) is 0 Å². The minimum Gasteiger partial charge on any atom is -0.504 e. The Morgan fingerprint density at radius 3 is 2.33 bits per heavy atom. The third-order valence-corrected chi connectivity index (χ3v) is 2.53. The summed E-state index contributed by atoms with van der Waals surface area (Å²) in [6.45, 7) is -0.0411. The van der Waals surface area contributed by atoms with Crippen LogP contribution in [0, 0.1) is 0 Å². The molecule has 4 heteroatoms. The highest BCUT2D eigenvalue weighted by Gasteiger charge is 2.11. The van der Waals surface area contributed by atoms with Crippen molar-refractivity contribution in [2.45, 2.75) is 6.42 Å². The van der Waals surface area contributed by atoms with E-state index in [0.29, 0.717) is 12.0 Å². The number of para-hydroxylation sites is 3. The topological polar surface area (TPSA) is 69.9 Å². The van der Waals surface area contributed by atoms with Gasteiger partial charge in [0.2, 0.25) is 0 Å². The highest BCUT2D eigenvalue weighted by atomic mass is 16.5. The van der Waals surface area contributed by atoms with Crippen molar-refractivity contribution in [3.8, 4) is 23.0 Å². The maximum Gasteiger partial charge on any atom is 0.172 e. The van der Waals surface area contributed by atoms with E-state index in [-0.39, 0.29) is 29.6 Å². The Bertz CT molecular complexity index is 537. The molecule has 0 radical (unpaired) electrons. The van der Waals surface area contributed by atoms with E-state index in [2.05, 4.69) is 0 Å². The molecular formula is C14H14O4. The van der Waals surface area contributed by atoms with Crippen LogP contribution in [-0.4, -0.2) is 21.9 Å². The van der Waals surface area contributed by atoms with Gasteiger partial charge in [0.25, 0.3) is 0 Å². The number of ether oxygens (including phenoxy) is 1. The number of aliphatic hydroxyl groups excluding tert-OH is 1. The molecule has 0 fully saturated rings. The molecule has 0 heterocycles. The zero-order valence-corrected chi connectivity index (χ0v) is 9.71. The molecule has 0 saturated carbocycles. The third kappa shape index (κ3) is 2.55. The number of hydrogen-bond acceptors (Lipinski definition) is 4. The van der Waals surface area contributed by atoms with E-state index in [9.17, 15) is 10.2 Å². The Morgan fingerprint density at radius 2 is 1.61 bits per heavy atom. The lowest BCUT2D eigenvalue weighted by molar-refractivity contribution is 0.296. The van der Waals surface area contributed by atoms with Crippen molar-refractivity contribution < 1.29 is 20.1 Å². The van der Waals surface area contributed by atoms with Gasteiger partial charge < -0.3 is 20.1 Å². The SMILES string of the molecule is OCCc1cccc(O)c1Oc1ccccc1O. The molecule has 0 aliphatic rings. The number of benzene rings is 2. The van der Waals surface area contributed by atoms with Gasteiger partial charge in [-0.2, -0.15) is 0 Å². The Balaban J connectivity index is 2.36. The molecule has 3 N–H and O–H groups in total. The van der Waals surface area contributed by atoms with Crippen molar-refractivity contribution in [2.24, 2.45) is 0 Å². The molecule has 4 nitrogen and oxygen atoms in total. The van der Waals surface area contributed by atoms with Crippen LogP contribution in [0.5, 0.6) is 23.0 Å². The molecule has 2 aromatic carbocycles. The molecule has 0 amide bonds. The van der Waals surface area contributed by atoms with Crippen LogP contribution in [0.3, 0.4) is 0 Å². The van der Waals surface area contributed by atoms with Crippen molar-refractivity contribution in [3.63, 3.8) is 0 Å². The van der Waals surface area contributed by atoms with Crippen molar-refractivity contribution in [1.82, 2.24) is 0 Å². The first kappa shape index (κ1) is 12.3. The second-order valence-electron chi connectivity index (χ2n) is 3.81. The molecular weight excluding hydrogens is 232 g/mol. The lowest BCUT2D eigenvalue weighted by Gasteiger charge is -2.12. The number of phenolic OH excluding ortho intramolecular Hbond substituents is 2. The van der Waals surface area contributed by atoms with E-state index in [4.69, 9.17) is 9.84 Å². The van der Waals surface area contributed by atoms with Crippen molar-refractivity contribution >= 4 is 0 Å². The fourth-order valence-corrected chi connectivity index (χ4v) is 1.66. The molecule has 2 aromatic rings. The van der Waals surface area contributed by atoms with E-state index in [1.54, 1.807) is 30.3 Å². The largest absolute Gasteiger partial charge is 0.504 e. The van der Waals surface area contributed by atoms with Gasteiger partial charge in [-0.25, -0.2) is 0 Å². The predicted molar refractivity (Wildman–Crippen MR) is 67.1 cm³/mol. The minimum absolute atomic E-state index is 0.00398. The molecule has 0 aliphatic carbocycles. The Morgan fingerprint density at radius 1 is 0.889 bits per heavy atom. The lowest BCUT2D eigenvalue weighted by Crippen LogP contribution is -1.95. The van der Waals surface area contributed by atoms with Crippen LogP contribution in [0.25, 0.3) is 0 Å². The molecule has 0 spiro atoms. The average molecular weight is 246 g/mol. The van der Waals surface area contributed by atoms with Crippen LogP contribution in [-0.2, 0) is 6.42 Å². The Hall–Kier alpha value is -2.20. The van der Waals surface area contributed by atoms with E-state index < -0.39 is 0 Å². The monoisotopic (exact) mass is 246 g/mol. The number of aromatic hydroxyl groups is 2. The maximum atomic E-state index is 9.78. The molecule has 0 atom stereocenters. The van der Waals surface area contributed by atoms with Crippen LogP contribution < -0.4 is 4.74 Å². The zero-order chi connectivity index (χ0) is 13.0. The summed E-state index contributed by atoms with van der Waals surface area (Å²) in [7, 11) is 0. The average Bonchev–Trinajstić information content (AvgIpc) is 2.36. The summed E-state index contributed by atoms with van der Waals surface area (Å²) >= 11 is 0. The molecule has 0 unspecified atom stereocenters. The smallest absolute Gasteiger partial charge is 0.172 e. The quantitative estimate of drug-likeness (QED) is 0.774. The summed E-state index contributed by atoms with van der Waals surface area (Å²) < 4.78 is 5.51. The van der Waals surface area contributed by atoms with Crippen molar-refractivity contribution in [1.29, 1.82) is 0 Å². The number of aliphatic hydroxyl groups is 1. The first-order chi connectivity index (χ1) is 8.72. The molecule has 2 rings (SSSR count). The molecule has 0 saturated heterocycles. The van der Waals surface area contributed by atoms with Crippen LogP contribution in [0.2, 0.25) is 0 Å². The maximum absolute atomic E-state index is 9.78. The second kappa shape index (κ2) is 5.42. The Kier molecular flexibility index (Phi) is 3.69. The highest BCUT2D eigenvalue weighted by molar-refractivity contribution is 5.50. The van der Waals surface area contributed by atoms with Gasteiger partial charge in [-0.1, -0.05) is 24.3 Å². The summed E-state index contributed by atoms with van der Waals surface area (Å²) in [4.78, 5) is 0. The standard InChI is InChI=1S/C14H14O4/c15-9-8-10-4-3-6-12(17)14(10)18-13-7-2-1-5-11(13)16/h1-7,15-17H,8-9H2. The van der Waals surface area contributed by atoms with Gasteiger partial charge in [0.05, 0.1) is 0 Å². The fraction of sp³-hybridized carbons (Fsp3) is 0.143. The van der Waals surface area contributed by atoms with Crippen molar-refractivity contribution in [2.75, 3.05) is 6.61 Å². The Labute approximate surface area is 105 Å². The van der Waals surface area contributed by atoms with Gasteiger partial charge in [0.1, 0.15) is 0 Å². The van der Waals surface area contributed by atoms with E-state index >= 15 is 0 Å². The van der Waals surface area contributed by atoms with Gasteiger partial charge in [0, 0.05) is 12.2 Å². The molecule has 18 heavy (non-hydrogen) atoms. The predicted octanol–water partition coefficient (Wildman–Crippen LogP) is 2.42. The summed E-state index contributed by atoms with van der Waals surface area (Å²) in [6.07, 6.45) is 0.372. The summed E-state index contributed by atoms with van der Waals surface area (Å²) in [6, 6.07) is 11.4. The van der Waals surface area contributed by atoms with E-state index in [1.807, 2.05) is 0 Å². The highest BCUT2D eigenvalue weighted by Crippen LogP contribution is 2.37. The van der Waals surface area contributed by atoms with Gasteiger partial charge in [-0.15, -0.1) is 0 Å². The number of phenols is 2.